The van der Waals surface area contributed by atoms with Crippen LogP contribution in [0.15, 0.2) is 41.8 Å². The van der Waals surface area contributed by atoms with Gasteiger partial charge in [0.1, 0.15) is 10.8 Å². The van der Waals surface area contributed by atoms with E-state index in [9.17, 15) is 0 Å². The molecule has 0 aliphatic rings. The normalized spacial score (nSPS) is 13.3. The number of hydrogen-bond donors (Lipinski definition) is 1. The summed E-state index contributed by atoms with van der Waals surface area (Å²) in [6, 6.07) is 12.4. The van der Waals surface area contributed by atoms with Gasteiger partial charge in [0.15, 0.2) is 0 Å². The second-order valence-electron chi connectivity index (χ2n) is 6.58. The Bertz CT molecular complexity index is 786. The van der Waals surface area contributed by atoms with Crippen LogP contribution >= 0.6 is 11.3 Å². The lowest BCUT2D eigenvalue weighted by Gasteiger charge is -2.15. The monoisotopic (exact) mass is 311 g/mol. The Hall–Kier alpha value is -1.94. The second kappa shape index (κ2) is 5.69. The number of nitrogens with one attached hydrogen (secondary N) is 1. The van der Waals surface area contributed by atoms with Gasteiger partial charge in [-0.3, -0.25) is 0 Å². The SMILES string of the molecule is CC(Nc1ccc2ccccc2n1)c1nc(C(C)(C)C)cs1. The van der Waals surface area contributed by atoms with Gasteiger partial charge in [-0.05, 0) is 25.1 Å². The Morgan fingerprint density at radius 3 is 2.55 bits per heavy atom. The standard InChI is InChI=1S/C18H21N3S/c1-12(17-21-15(11-22-17)18(2,3)4)19-16-10-9-13-7-5-6-8-14(13)20-16/h5-12H,1-4H3,(H,19,20). The maximum atomic E-state index is 4.77. The molecule has 22 heavy (non-hydrogen) atoms. The van der Waals surface area contributed by atoms with Gasteiger partial charge >= 0.3 is 0 Å². The number of aromatic nitrogens is 2. The van der Waals surface area contributed by atoms with Gasteiger partial charge in [-0.2, -0.15) is 0 Å². The lowest BCUT2D eigenvalue weighted by atomic mass is 9.93. The van der Waals surface area contributed by atoms with E-state index in [0.29, 0.717) is 0 Å². The van der Waals surface area contributed by atoms with Crippen molar-refractivity contribution in [3.8, 4) is 0 Å². The van der Waals surface area contributed by atoms with Gasteiger partial charge in [-0.25, -0.2) is 9.97 Å². The fourth-order valence-corrected chi connectivity index (χ4v) is 3.31. The summed E-state index contributed by atoms with van der Waals surface area (Å²) in [5, 5.41) is 7.86. The minimum Gasteiger partial charge on any atom is -0.361 e. The molecule has 1 aromatic carbocycles. The number of fused-ring (bicyclic) bond motifs is 1. The van der Waals surface area contributed by atoms with E-state index in [2.05, 4.69) is 55.5 Å². The molecule has 0 radical (unpaired) electrons. The van der Waals surface area contributed by atoms with Crippen LogP contribution in [0.25, 0.3) is 10.9 Å². The quantitative estimate of drug-likeness (QED) is 0.726. The Labute approximate surface area is 135 Å². The Morgan fingerprint density at radius 2 is 1.82 bits per heavy atom. The van der Waals surface area contributed by atoms with Gasteiger partial charge in [0.25, 0.3) is 0 Å². The van der Waals surface area contributed by atoms with Crippen LogP contribution in [0.2, 0.25) is 0 Å². The summed E-state index contributed by atoms with van der Waals surface area (Å²) in [5.41, 5.74) is 2.25. The van der Waals surface area contributed by atoms with Crippen LogP contribution in [0.5, 0.6) is 0 Å². The van der Waals surface area contributed by atoms with Crippen molar-refractivity contribution in [3.05, 3.63) is 52.5 Å². The lowest BCUT2D eigenvalue weighted by Crippen LogP contribution is -2.13. The topological polar surface area (TPSA) is 37.8 Å². The molecule has 0 saturated carbocycles. The summed E-state index contributed by atoms with van der Waals surface area (Å²) in [7, 11) is 0. The van der Waals surface area contributed by atoms with Gasteiger partial charge in [0, 0.05) is 16.2 Å². The molecule has 114 valence electrons. The highest BCUT2D eigenvalue weighted by atomic mass is 32.1. The summed E-state index contributed by atoms with van der Waals surface area (Å²) in [4.78, 5) is 9.43. The van der Waals surface area contributed by atoms with E-state index >= 15 is 0 Å². The molecule has 3 aromatic rings. The van der Waals surface area contributed by atoms with Crippen LogP contribution < -0.4 is 5.32 Å². The highest BCUT2D eigenvalue weighted by Crippen LogP contribution is 2.28. The zero-order valence-corrected chi connectivity index (χ0v) is 14.2. The molecule has 0 amide bonds. The molecule has 1 unspecified atom stereocenters. The van der Waals surface area contributed by atoms with Crippen molar-refractivity contribution in [3.63, 3.8) is 0 Å². The number of thiazole rings is 1. The molecule has 0 bridgehead atoms. The summed E-state index contributed by atoms with van der Waals surface area (Å²) >= 11 is 1.71. The van der Waals surface area contributed by atoms with Crippen LogP contribution in [0.4, 0.5) is 5.82 Å². The minimum absolute atomic E-state index is 0.0929. The molecule has 0 fully saturated rings. The third-order valence-corrected chi connectivity index (χ3v) is 4.65. The summed E-state index contributed by atoms with van der Waals surface area (Å²) in [5.74, 6) is 0.888. The van der Waals surface area contributed by atoms with E-state index in [1.165, 1.54) is 0 Å². The number of pyridine rings is 1. The highest BCUT2D eigenvalue weighted by Gasteiger charge is 2.19. The van der Waals surface area contributed by atoms with E-state index in [4.69, 9.17) is 4.98 Å². The first-order chi connectivity index (χ1) is 10.4. The maximum absolute atomic E-state index is 4.77. The number of rotatable bonds is 3. The Morgan fingerprint density at radius 1 is 1.05 bits per heavy atom. The number of hydrogen-bond acceptors (Lipinski definition) is 4. The first kappa shape index (κ1) is 15.0. The van der Waals surface area contributed by atoms with Gasteiger partial charge in [0.2, 0.25) is 0 Å². The molecule has 2 aromatic heterocycles. The number of anilines is 1. The summed E-state index contributed by atoms with van der Waals surface area (Å²) in [6.45, 7) is 8.70. The number of para-hydroxylation sites is 1. The Kier molecular flexibility index (Phi) is 3.87. The van der Waals surface area contributed by atoms with Crippen molar-refractivity contribution in [1.29, 1.82) is 0 Å². The Balaban J connectivity index is 1.80. The van der Waals surface area contributed by atoms with Crippen molar-refractivity contribution in [2.75, 3.05) is 5.32 Å². The van der Waals surface area contributed by atoms with E-state index < -0.39 is 0 Å². The van der Waals surface area contributed by atoms with Gasteiger partial charge in [-0.1, -0.05) is 39.0 Å². The maximum Gasteiger partial charge on any atom is 0.127 e. The largest absolute Gasteiger partial charge is 0.361 e. The van der Waals surface area contributed by atoms with E-state index in [1.54, 1.807) is 11.3 Å². The summed E-state index contributed by atoms with van der Waals surface area (Å²) in [6.07, 6.45) is 0. The van der Waals surface area contributed by atoms with Crippen molar-refractivity contribution >= 4 is 28.1 Å². The molecule has 3 rings (SSSR count). The van der Waals surface area contributed by atoms with Crippen molar-refractivity contribution < 1.29 is 0 Å². The molecule has 4 heteroatoms. The van der Waals surface area contributed by atoms with Crippen LogP contribution in [-0.2, 0) is 5.41 Å². The van der Waals surface area contributed by atoms with Crippen LogP contribution in [0.1, 0.15) is 44.4 Å². The van der Waals surface area contributed by atoms with Crippen LogP contribution in [0.3, 0.4) is 0 Å². The molecule has 3 nitrogen and oxygen atoms in total. The predicted octanol–water partition coefficient (Wildman–Crippen LogP) is 5.16. The van der Waals surface area contributed by atoms with E-state index in [-0.39, 0.29) is 11.5 Å². The lowest BCUT2D eigenvalue weighted by molar-refractivity contribution is 0.569. The van der Waals surface area contributed by atoms with Gasteiger partial charge < -0.3 is 5.32 Å². The zero-order valence-electron chi connectivity index (χ0n) is 13.4. The predicted molar refractivity (Wildman–Crippen MR) is 94.6 cm³/mol. The first-order valence-electron chi connectivity index (χ1n) is 7.52. The minimum atomic E-state index is 0.0929. The first-order valence-corrected chi connectivity index (χ1v) is 8.40. The fourth-order valence-electron chi connectivity index (χ4n) is 2.26. The van der Waals surface area contributed by atoms with Crippen molar-refractivity contribution in [2.45, 2.75) is 39.2 Å². The highest BCUT2D eigenvalue weighted by molar-refractivity contribution is 7.09. The van der Waals surface area contributed by atoms with Gasteiger partial charge in [0.05, 0.1) is 17.3 Å². The third-order valence-electron chi connectivity index (χ3n) is 3.62. The van der Waals surface area contributed by atoms with E-state index in [1.807, 2.05) is 24.3 Å². The molecular formula is C18H21N3S. The van der Waals surface area contributed by atoms with Crippen LogP contribution in [-0.4, -0.2) is 9.97 Å². The number of benzene rings is 1. The summed E-state index contributed by atoms with van der Waals surface area (Å²) < 4.78 is 0. The molecule has 0 aliphatic heterocycles. The van der Waals surface area contributed by atoms with Crippen molar-refractivity contribution in [2.24, 2.45) is 0 Å². The van der Waals surface area contributed by atoms with Crippen LogP contribution in [0, 0.1) is 0 Å². The molecule has 0 aliphatic carbocycles. The average molecular weight is 311 g/mol. The molecule has 1 atom stereocenters. The molecule has 0 spiro atoms. The average Bonchev–Trinajstić information content (AvgIpc) is 2.97. The molecular weight excluding hydrogens is 290 g/mol. The molecule has 2 heterocycles. The molecule has 1 N–H and O–H groups in total. The second-order valence-corrected chi connectivity index (χ2v) is 7.47. The van der Waals surface area contributed by atoms with E-state index in [0.717, 1.165) is 27.4 Å². The third kappa shape index (κ3) is 3.12. The molecule has 0 saturated heterocycles. The van der Waals surface area contributed by atoms with Gasteiger partial charge in [-0.15, -0.1) is 11.3 Å². The zero-order chi connectivity index (χ0) is 15.7. The number of nitrogens with zero attached hydrogens (tertiary/aromatic N) is 2. The van der Waals surface area contributed by atoms with Crippen molar-refractivity contribution in [1.82, 2.24) is 9.97 Å². The fraction of sp³-hybridized carbons (Fsp3) is 0.333. The smallest absolute Gasteiger partial charge is 0.127 e.